The molecule has 6 heterocycles. The van der Waals surface area contributed by atoms with Crippen LogP contribution >= 0.6 is 45.3 Å². The zero-order valence-electron chi connectivity index (χ0n) is 40.5. The van der Waals surface area contributed by atoms with Crippen molar-refractivity contribution in [1.82, 2.24) is 9.13 Å². The average Bonchev–Trinajstić information content (AvgIpc) is 4.20. The van der Waals surface area contributed by atoms with Crippen LogP contribution in [0.3, 0.4) is 0 Å². The van der Waals surface area contributed by atoms with Crippen LogP contribution in [0.25, 0.3) is 73.2 Å². The smallest absolute Gasteiger partial charge is 0.132 e. The Morgan fingerprint density at radius 3 is 1.27 bits per heavy atom. The molecule has 0 saturated heterocycles. The van der Waals surface area contributed by atoms with E-state index in [1.54, 1.807) is 45.3 Å². The fourth-order valence-corrected chi connectivity index (χ4v) is 14.5. The predicted octanol–water partition coefficient (Wildman–Crippen LogP) is 20.6. The second kappa shape index (κ2) is 23.2. The second-order valence-corrected chi connectivity index (χ2v) is 23.0. The first-order chi connectivity index (χ1) is 32.3. The van der Waals surface area contributed by atoms with Gasteiger partial charge in [0.25, 0.3) is 0 Å². The van der Waals surface area contributed by atoms with Gasteiger partial charge in [0.2, 0.25) is 0 Å². The molecule has 0 spiro atoms. The molecule has 0 aliphatic carbocycles. The van der Waals surface area contributed by atoms with E-state index in [1.807, 2.05) is 12.1 Å². The normalized spacial score (nSPS) is 13.0. The van der Waals surface area contributed by atoms with Crippen molar-refractivity contribution in [3.63, 3.8) is 0 Å². The zero-order chi connectivity index (χ0) is 46.2. The highest BCUT2D eigenvalue weighted by atomic mass is 32.1. The van der Waals surface area contributed by atoms with Gasteiger partial charge in [-0.3, -0.25) is 0 Å². The van der Waals surface area contributed by atoms with Gasteiger partial charge >= 0.3 is 0 Å². The summed E-state index contributed by atoms with van der Waals surface area (Å²) in [5.41, 5.74) is 8.27. The third kappa shape index (κ3) is 10.5. The Morgan fingerprint density at radius 2 is 0.909 bits per heavy atom. The molecule has 2 aromatic carbocycles. The molecule has 0 amide bonds. The SMILES string of the molecule is CCCCCCc1cc(-c2cc3c(cc2F)c2c(c4cc(F)c(-c5cc(CCCCCC)c(-c6cccs6)s5)cc4n2CC(CC)CCCC)n3CC(CC)CCCC)sc1-c1cccs1. The largest absolute Gasteiger partial charge is 0.338 e. The molecule has 8 rings (SSSR count). The lowest BCUT2D eigenvalue weighted by Crippen LogP contribution is -2.10. The summed E-state index contributed by atoms with van der Waals surface area (Å²) in [6.07, 6.45) is 20.6. The zero-order valence-corrected chi connectivity index (χ0v) is 43.8. The first-order valence-corrected chi connectivity index (χ1v) is 29.0. The third-order valence-electron chi connectivity index (χ3n) is 14.2. The van der Waals surface area contributed by atoms with Gasteiger partial charge in [-0.25, -0.2) is 8.78 Å². The highest BCUT2D eigenvalue weighted by molar-refractivity contribution is 7.24. The number of nitrogens with zero attached hydrogens (tertiary/aromatic N) is 2. The van der Waals surface area contributed by atoms with E-state index in [2.05, 4.69) is 110 Å². The van der Waals surface area contributed by atoms with Gasteiger partial charge in [0.05, 0.1) is 22.1 Å². The van der Waals surface area contributed by atoms with Crippen molar-refractivity contribution in [3.8, 4) is 40.4 Å². The minimum absolute atomic E-state index is 0.177. The maximum Gasteiger partial charge on any atom is 0.132 e. The van der Waals surface area contributed by atoms with Gasteiger partial charge in [-0.1, -0.05) is 131 Å². The standard InChI is InChI=1S/C58H72F2N2S4/c1-7-13-17-19-25-41-31-53(65-57(41)51-27-21-29-63-51)43-35-49-45(33-47(43)59)55-56(61(49)37-39(11-5)23-15-9-3)46-34-48(60)44(36-50(46)62(55)38-40(12-6)24-16-10-4)54-32-42(26-20-18-14-8-2)58(66-54)52-28-22-30-64-52/h21-22,27-36,39-40H,7-20,23-26,37-38H2,1-6H3. The van der Waals surface area contributed by atoms with Crippen LogP contribution in [-0.4, -0.2) is 9.13 Å². The van der Waals surface area contributed by atoms with Crippen LogP contribution in [0.4, 0.5) is 8.78 Å². The molecule has 352 valence electrons. The molecule has 8 heteroatoms. The first kappa shape index (κ1) is 48.9. The minimum atomic E-state index is -0.177. The molecule has 2 atom stereocenters. The maximum absolute atomic E-state index is 17.3. The molecule has 6 aromatic heterocycles. The lowest BCUT2D eigenvalue weighted by molar-refractivity contribution is 0.399. The fraction of sp³-hybridized carbons (Fsp3) is 0.483. The Bertz CT molecular complexity index is 2590. The quantitative estimate of drug-likeness (QED) is 0.0479. The molecule has 66 heavy (non-hydrogen) atoms. The van der Waals surface area contributed by atoms with Crippen molar-refractivity contribution in [1.29, 1.82) is 0 Å². The summed E-state index contributed by atoms with van der Waals surface area (Å²) in [5.74, 6) is 0.548. The van der Waals surface area contributed by atoms with Gasteiger partial charge < -0.3 is 9.13 Å². The number of hydrogen-bond acceptors (Lipinski definition) is 4. The Morgan fingerprint density at radius 1 is 0.485 bits per heavy atom. The maximum atomic E-state index is 17.3. The molecule has 0 saturated carbocycles. The number of rotatable bonds is 26. The van der Waals surface area contributed by atoms with Gasteiger partial charge in [-0.15, -0.1) is 45.3 Å². The van der Waals surface area contributed by atoms with Crippen LogP contribution < -0.4 is 0 Å². The van der Waals surface area contributed by atoms with Gasteiger partial charge in [-0.05, 0) is 121 Å². The lowest BCUT2D eigenvalue weighted by Gasteiger charge is -2.18. The summed E-state index contributed by atoms with van der Waals surface area (Å²) >= 11 is 7.03. The van der Waals surface area contributed by atoms with Gasteiger partial charge in [0.1, 0.15) is 11.6 Å². The van der Waals surface area contributed by atoms with Crippen LogP contribution in [0.15, 0.2) is 71.4 Å². The van der Waals surface area contributed by atoms with Crippen molar-refractivity contribution in [3.05, 3.63) is 94.2 Å². The summed E-state index contributed by atoms with van der Waals surface area (Å²) < 4.78 is 39.6. The predicted molar refractivity (Wildman–Crippen MR) is 290 cm³/mol. The van der Waals surface area contributed by atoms with E-state index >= 15 is 8.78 Å². The number of fused-ring (bicyclic) bond motifs is 5. The number of benzene rings is 2. The van der Waals surface area contributed by atoms with Crippen molar-refractivity contribution in [2.24, 2.45) is 11.8 Å². The van der Waals surface area contributed by atoms with E-state index in [4.69, 9.17) is 0 Å². The average molecular weight is 963 g/mol. The van der Waals surface area contributed by atoms with E-state index < -0.39 is 0 Å². The minimum Gasteiger partial charge on any atom is -0.338 e. The molecule has 0 N–H and O–H groups in total. The number of unbranched alkanes of at least 4 members (excludes halogenated alkanes) is 8. The highest BCUT2D eigenvalue weighted by Crippen LogP contribution is 2.48. The summed E-state index contributed by atoms with van der Waals surface area (Å²) in [6.45, 7) is 15.3. The number of aryl methyl sites for hydroxylation is 2. The van der Waals surface area contributed by atoms with Crippen LogP contribution in [0.5, 0.6) is 0 Å². The van der Waals surface area contributed by atoms with Crippen LogP contribution in [0.2, 0.25) is 0 Å². The highest BCUT2D eigenvalue weighted by Gasteiger charge is 2.28. The molecule has 0 aliphatic rings. The fourth-order valence-electron chi connectivity index (χ4n) is 10.3. The molecule has 2 unspecified atom stereocenters. The Kier molecular flexibility index (Phi) is 17.2. The monoisotopic (exact) mass is 962 g/mol. The van der Waals surface area contributed by atoms with E-state index in [1.165, 1.54) is 82.0 Å². The van der Waals surface area contributed by atoms with Crippen molar-refractivity contribution < 1.29 is 8.78 Å². The van der Waals surface area contributed by atoms with E-state index in [9.17, 15) is 0 Å². The van der Waals surface area contributed by atoms with E-state index in [0.29, 0.717) is 23.0 Å². The van der Waals surface area contributed by atoms with Gasteiger partial charge in [-0.2, -0.15) is 0 Å². The van der Waals surface area contributed by atoms with E-state index in [-0.39, 0.29) is 11.6 Å². The topological polar surface area (TPSA) is 9.86 Å². The molecule has 0 radical (unpaired) electrons. The molecule has 0 fully saturated rings. The molecule has 0 bridgehead atoms. The Labute approximate surface area is 410 Å². The summed E-state index contributed by atoms with van der Waals surface area (Å²) in [5, 5.41) is 6.19. The van der Waals surface area contributed by atoms with E-state index in [0.717, 1.165) is 120 Å². The third-order valence-corrected chi connectivity index (χ3v) is 18.8. The van der Waals surface area contributed by atoms with Crippen LogP contribution in [0, 0.1) is 23.5 Å². The van der Waals surface area contributed by atoms with Crippen LogP contribution in [0.1, 0.15) is 155 Å². The Balaban J connectivity index is 1.35. The number of thiophene rings is 4. The van der Waals surface area contributed by atoms with Gasteiger partial charge in [0.15, 0.2) is 0 Å². The molecule has 8 aromatic rings. The summed E-state index contributed by atoms with van der Waals surface area (Å²) in [6, 6.07) is 21.3. The van der Waals surface area contributed by atoms with Crippen molar-refractivity contribution >= 4 is 78.2 Å². The van der Waals surface area contributed by atoms with Crippen molar-refractivity contribution in [2.45, 2.75) is 170 Å². The lowest BCUT2D eigenvalue weighted by atomic mass is 9.99. The summed E-state index contributed by atoms with van der Waals surface area (Å²) in [7, 11) is 0. The molecular weight excluding hydrogens is 891 g/mol. The molecular formula is C58H72F2N2S4. The number of aromatic nitrogens is 2. The van der Waals surface area contributed by atoms with Crippen LogP contribution in [-0.2, 0) is 25.9 Å². The second-order valence-electron chi connectivity index (χ2n) is 19.0. The number of hydrogen-bond donors (Lipinski definition) is 0. The molecule has 2 nitrogen and oxygen atoms in total. The Hall–Kier alpha value is -3.56. The summed E-state index contributed by atoms with van der Waals surface area (Å²) in [4.78, 5) is 7.07. The van der Waals surface area contributed by atoms with Crippen molar-refractivity contribution in [2.75, 3.05) is 0 Å². The molecule has 0 aliphatic heterocycles. The van der Waals surface area contributed by atoms with Gasteiger partial charge in [0, 0.05) is 64.3 Å². The first-order valence-electron chi connectivity index (χ1n) is 25.6. The number of halogens is 2.